The Morgan fingerprint density at radius 1 is 0.838 bits per heavy atom. The van der Waals surface area contributed by atoms with Crippen molar-refractivity contribution >= 4 is 40.9 Å². The van der Waals surface area contributed by atoms with Crippen LogP contribution in [-0.2, 0) is 4.74 Å². The van der Waals surface area contributed by atoms with Crippen molar-refractivity contribution in [3.8, 4) is 5.69 Å². The second-order valence-corrected chi connectivity index (χ2v) is 12.0. The van der Waals surface area contributed by atoms with Gasteiger partial charge in [-0.05, 0) is 62.9 Å². The summed E-state index contributed by atoms with van der Waals surface area (Å²) in [6.45, 7) is 8.74. The highest BCUT2D eigenvalue weighted by Crippen LogP contribution is 2.43. The number of fused-ring (bicyclic) bond motifs is 1. The number of allylic oxidation sites excluding steroid dienone is 1. The van der Waals surface area contributed by atoms with Crippen molar-refractivity contribution in [3.63, 3.8) is 0 Å². The van der Waals surface area contributed by atoms with E-state index in [1.54, 1.807) is 28.8 Å². The molecule has 1 aromatic heterocycles. The van der Waals surface area contributed by atoms with E-state index >= 15 is 0 Å². The van der Waals surface area contributed by atoms with Crippen LogP contribution >= 0.6 is 34.8 Å². The summed E-state index contributed by atoms with van der Waals surface area (Å²) in [6, 6.07) is 16.6. The van der Waals surface area contributed by atoms with E-state index in [1.807, 2.05) is 36.4 Å². The molecular weight excluding hydrogens is 527 g/mol. The molecule has 0 bridgehead atoms. The molecule has 0 saturated carbocycles. The van der Waals surface area contributed by atoms with Gasteiger partial charge in [-0.2, -0.15) is 0 Å². The van der Waals surface area contributed by atoms with Gasteiger partial charge in [0.25, 0.3) is 5.56 Å². The van der Waals surface area contributed by atoms with Gasteiger partial charge >= 0.3 is 0 Å². The van der Waals surface area contributed by atoms with E-state index in [0.29, 0.717) is 27.2 Å². The summed E-state index contributed by atoms with van der Waals surface area (Å²) < 4.78 is 8.25. The molecule has 2 heterocycles. The molecule has 2 aliphatic rings. The highest BCUT2D eigenvalue weighted by atomic mass is 35.5. The highest BCUT2D eigenvalue weighted by molar-refractivity contribution is 6.37. The molecular formula is C30H31Cl3N2O2. The van der Waals surface area contributed by atoms with Crippen LogP contribution in [0.3, 0.4) is 0 Å². The summed E-state index contributed by atoms with van der Waals surface area (Å²) in [4.78, 5) is 15.8. The monoisotopic (exact) mass is 556 g/mol. The Kier molecular flexibility index (Phi) is 7.48. The fourth-order valence-corrected chi connectivity index (χ4v) is 6.28. The number of likely N-dealkylation sites (tertiary alicyclic amines) is 1. The molecule has 4 nitrogen and oxygen atoms in total. The van der Waals surface area contributed by atoms with Gasteiger partial charge in [0.1, 0.15) is 6.10 Å². The fourth-order valence-electron chi connectivity index (χ4n) is 5.44. The Balaban J connectivity index is 1.59. The van der Waals surface area contributed by atoms with Crippen molar-refractivity contribution in [1.29, 1.82) is 0 Å². The molecule has 5 rings (SSSR count). The third-order valence-electron chi connectivity index (χ3n) is 7.39. The molecule has 1 aliphatic heterocycles. The molecule has 2 aromatic carbocycles. The number of ether oxygens (including phenoxy) is 1. The van der Waals surface area contributed by atoms with Crippen LogP contribution in [0.15, 0.2) is 65.2 Å². The Morgan fingerprint density at radius 2 is 1.49 bits per heavy atom. The Labute approximate surface area is 233 Å². The van der Waals surface area contributed by atoms with Crippen molar-refractivity contribution in [2.45, 2.75) is 57.6 Å². The normalized spacial score (nSPS) is 18.9. The molecule has 1 aliphatic carbocycles. The van der Waals surface area contributed by atoms with Crippen LogP contribution in [-0.4, -0.2) is 34.2 Å². The van der Waals surface area contributed by atoms with Crippen molar-refractivity contribution in [1.82, 2.24) is 9.47 Å². The van der Waals surface area contributed by atoms with Gasteiger partial charge in [-0.1, -0.05) is 65.1 Å². The van der Waals surface area contributed by atoms with Gasteiger partial charge in [0.2, 0.25) is 0 Å². The van der Waals surface area contributed by atoms with Crippen LogP contribution in [0.5, 0.6) is 0 Å². The van der Waals surface area contributed by atoms with E-state index in [4.69, 9.17) is 39.5 Å². The number of benzene rings is 2. The number of hydrogen-bond acceptors (Lipinski definition) is 3. The molecule has 37 heavy (non-hydrogen) atoms. The lowest BCUT2D eigenvalue weighted by atomic mass is 9.83. The maximum atomic E-state index is 13.3. The standard InChI is InChI=1S/C30H31Cl3N2O2/c1-30(2,3)34-15-13-19(14-16-34)37-20-17-23(21-7-4-5-8-24(21)31)22-11-12-28(36)35(27(22)18-20)29-25(32)9-6-10-26(29)33/h4-12,18-19,23H,13-17H2,1-3H3. The van der Waals surface area contributed by atoms with Gasteiger partial charge in [0.15, 0.2) is 0 Å². The van der Waals surface area contributed by atoms with E-state index in [-0.39, 0.29) is 23.1 Å². The summed E-state index contributed by atoms with van der Waals surface area (Å²) in [6.07, 6.45) is 4.67. The van der Waals surface area contributed by atoms with Crippen molar-refractivity contribution < 1.29 is 4.74 Å². The highest BCUT2D eigenvalue weighted by Gasteiger charge is 2.32. The fraction of sp³-hybridized carbons (Fsp3) is 0.367. The number of halogens is 3. The van der Waals surface area contributed by atoms with Gasteiger partial charge in [0, 0.05) is 48.1 Å². The van der Waals surface area contributed by atoms with Gasteiger partial charge < -0.3 is 4.74 Å². The van der Waals surface area contributed by atoms with Crippen molar-refractivity contribution in [2.75, 3.05) is 13.1 Å². The smallest absolute Gasteiger partial charge is 0.255 e. The molecule has 194 valence electrons. The van der Waals surface area contributed by atoms with Gasteiger partial charge in [-0.15, -0.1) is 0 Å². The second kappa shape index (κ2) is 10.5. The van der Waals surface area contributed by atoms with Crippen LogP contribution in [0.1, 0.15) is 62.8 Å². The number of para-hydroxylation sites is 1. The van der Waals surface area contributed by atoms with Gasteiger partial charge in [-0.25, -0.2) is 0 Å². The third kappa shape index (κ3) is 5.35. The van der Waals surface area contributed by atoms with Crippen molar-refractivity contribution in [3.05, 3.63) is 103 Å². The first-order chi connectivity index (χ1) is 17.6. The minimum atomic E-state index is -0.206. The molecule has 1 atom stereocenters. The first-order valence-corrected chi connectivity index (χ1v) is 13.8. The lowest BCUT2D eigenvalue weighted by molar-refractivity contribution is 0.0159. The molecule has 0 N–H and O–H groups in total. The lowest BCUT2D eigenvalue weighted by Gasteiger charge is -2.41. The van der Waals surface area contributed by atoms with Crippen molar-refractivity contribution in [2.24, 2.45) is 0 Å². The predicted molar refractivity (Wildman–Crippen MR) is 153 cm³/mol. The Bertz CT molecular complexity index is 1380. The van der Waals surface area contributed by atoms with Crippen LogP contribution in [0.4, 0.5) is 0 Å². The zero-order chi connectivity index (χ0) is 26.3. The summed E-state index contributed by atoms with van der Waals surface area (Å²) >= 11 is 19.8. The van der Waals surface area contributed by atoms with Crippen LogP contribution < -0.4 is 5.56 Å². The third-order valence-corrected chi connectivity index (χ3v) is 8.35. The van der Waals surface area contributed by atoms with E-state index in [1.165, 1.54) is 0 Å². The van der Waals surface area contributed by atoms with Gasteiger partial charge in [-0.3, -0.25) is 14.3 Å². The lowest BCUT2D eigenvalue weighted by Crippen LogP contribution is -2.47. The molecule has 1 unspecified atom stereocenters. The molecule has 0 radical (unpaired) electrons. The average molecular weight is 558 g/mol. The Morgan fingerprint density at radius 3 is 2.14 bits per heavy atom. The van der Waals surface area contributed by atoms with E-state index in [9.17, 15) is 4.79 Å². The van der Waals surface area contributed by atoms with E-state index in [0.717, 1.165) is 48.5 Å². The molecule has 7 heteroatoms. The average Bonchev–Trinajstić information content (AvgIpc) is 2.85. The quantitative estimate of drug-likeness (QED) is 0.326. The number of piperidine rings is 1. The molecule has 0 spiro atoms. The zero-order valence-electron chi connectivity index (χ0n) is 21.3. The molecule has 3 aromatic rings. The number of rotatable bonds is 4. The maximum Gasteiger partial charge on any atom is 0.255 e. The maximum absolute atomic E-state index is 13.3. The second-order valence-electron chi connectivity index (χ2n) is 10.8. The minimum absolute atomic E-state index is 0.0773. The van der Waals surface area contributed by atoms with E-state index in [2.05, 4.69) is 25.7 Å². The number of nitrogens with zero attached hydrogens (tertiary/aromatic N) is 2. The van der Waals surface area contributed by atoms with Crippen LogP contribution in [0.25, 0.3) is 11.8 Å². The molecule has 0 amide bonds. The summed E-state index contributed by atoms with van der Waals surface area (Å²) in [5.41, 5.74) is 3.12. The largest absolute Gasteiger partial charge is 0.495 e. The molecule has 1 fully saturated rings. The zero-order valence-corrected chi connectivity index (χ0v) is 23.6. The first-order valence-electron chi connectivity index (χ1n) is 12.7. The SMILES string of the molecule is CC(C)(C)N1CCC(OC2=Cc3c(ccc(=O)n3-c3c(Cl)cccc3Cl)C(c3ccccc3Cl)C2)CC1. The van der Waals surface area contributed by atoms with Crippen LogP contribution in [0.2, 0.25) is 15.1 Å². The summed E-state index contributed by atoms with van der Waals surface area (Å²) in [5, 5.41) is 1.51. The molecule has 1 saturated heterocycles. The minimum Gasteiger partial charge on any atom is -0.495 e. The Hall–Kier alpha value is -2.24. The predicted octanol–water partition coefficient (Wildman–Crippen LogP) is 7.95. The number of hydrogen-bond donors (Lipinski definition) is 0. The first kappa shape index (κ1) is 26.4. The number of aromatic nitrogens is 1. The number of pyridine rings is 1. The summed E-state index contributed by atoms with van der Waals surface area (Å²) in [7, 11) is 0. The summed E-state index contributed by atoms with van der Waals surface area (Å²) in [5.74, 6) is 0.764. The van der Waals surface area contributed by atoms with Gasteiger partial charge in [0.05, 0.1) is 27.2 Å². The van der Waals surface area contributed by atoms with Crippen LogP contribution in [0, 0.1) is 0 Å². The topological polar surface area (TPSA) is 34.5 Å². The van der Waals surface area contributed by atoms with E-state index < -0.39 is 0 Å².